The number of phenols is 1. The molecular formula is C29H44O7. The van der Waals surface area contributed by atoms with E-state index < -0.39 is 11.9 Å². The molecule has 7 heteroatoms. The van der Waals surface area contributed by atoms with Crippen LogP contribution < -0.4 is 9.47 Å². The number of hydrogen-bond donors (Lipinski definition) is 2. The predicted molar refractivity (Wildman–Crippen MR) is 143 cm³/mol. The number of aliphatic carboxylic acids is 1. The van der Waals surface area contributed by atoms with Crippen LogP contribution in [-0.2, 0) is 14.3 Å². The standard InChI is InChI=1S/C29H44O7/c1-4-5-6-13-16-24(17-14-11-9-7-8-10-12-15-18-27(30)31)36-28(32)20-19-23-21-25(34-2)29(33)26(22-23)35-3/h11,14,19-22,24,33H,4-10,12-13,15-18H2,1-3H3,(H,30,31)/b14-11-,20-19+/t24-/m1/s1. The number of carboxylic acid groups (broad SMARTS) is 1. The van der Waals surface area contributed by atoms with Crippen LogP contribution in [0.2, 0.25) is 0 Å². The third-order valence-corrected chi connectivity index (χ3v) is 5.90. The SMILES string of the molecule is CCCCCC[C@H](C/C=C\CCCCCCCC(=O)O)OC(=O)/C=C/c1cc(OC)c(O)c(OC)c1. The molecule has 36 heavy (non-hydrogen) atoms. The van der Waals surface area contributed by atoms with Crippen molar-refractivity contribution in [1.29, 1.82) is 0 Å². The van der Waals surface area contributed by atoms with Crippen LogP contribution in [-0.4, -0.2) is 42.5 Å². The van der Waals surface area contributed by atoms with Crippen molar-refractivity contribution in [2.45, 2.75) is 96.5 Å². The van der Waals surface area contributed by atoms with E-state index in [1.165, 1.54) is 26.7 Å². The molecule has 1 aromatic rings. The second kappa shape index (κ2) is 19.3. The first kappa shape index (κ1) is 31.1. The van der Waals surface area contributed by atoms with Gasteiger partial charge in [0, 0.05) is 18.9 Å². The molecule has 1 rings (SSSR count). The second-order valence-corrected chi connectivity index (χ2v) is 8.92. The van der Waals surface area contributed by atoms with Gasteiger partial charge in [0.2, 0.25) is 5.75 Å². The lowest BCUT2D eigenvalue weighted by Crippen LogP contribution is -2.16. The quantitative estimate of drug-likeness (QED) is 0.0847. The van der Waals surface area contributed by atoms with Crippen molar-refractivity contribution in [1.82, 2.24) is 0 Å². The summed E-state index contributed by atoms with van der Waals surface area (Å²) in [6.07, 6.45) is 19.2. The molecule has 1 aromatic carbocycles. The van der Waals surface area contributed by atoms with E-state index in [0.717, 1.165) is 64.2 Å². The monoisotopic (exact) mass is 504 g/mol. The molecule has 0 aliphatic carbocycles. The van der Waals surface area contributed by atoms with Crippen molar-refractivity contribution in [2.24, 2.45) is 0 Å². The lowest BCUT2D eigenvalue weighted by Gasteiger charge is -2.15. The van der Waals surface area contributed by atoms with Crippen LogP contribution in [0, 0.1) is 0 Å². The first-order chi connectivity index (χ1) is 17.4. The second-order valence-electron chi connectivity index (χ2n) is 8.92. The lowest BCUT2D eigenvalue weighted by atomic mass is 10.1. The molecule has 0 fully saturated rings. The van der Waals surface area contributed by atoms with E-state index in [4.69, 9.17) is 19.3 Å². The minimum atomic E-state index is -0.723. The molecule has 0 aromatic heterocycles. The number of allylic oxidation sites excluding steroid dienone is 1. The Bertz CT molecular complexity index is 804. The highest BCUT2D eigenvalue weighted by molar-refractivity contribution is 5.87. The van der Waals surface area contributed by atoms with Crippen molar-refractivity contribution < 1.29 is 34.0 Å². The van der Waals surface area contributed by atoms with Crippen LogP contribution in [0.5, 0.6) is 17.2 Å². The smallest absolute Gasteiger partial charge is 0.331 e. The lowest BCUT2D eigenvalue weighted by molar-refractivity contribution is -0.143. The fraction of sp³-hybridized carbons (Fsp3) is 0.586. The van der Waals surface area contributed by atoms with Gasteiger partial charge in [-0.1, -0.05) is 57.6 Å². The normalized spacial score (nSPS) is 12.2. The van der Waals surface area contributed by atoms with Crippen LogP contribution in [0.3, 0.4) is 0 Å². The molecule has 0 radical (unpaired) electrons. The predicted octanol–water partition coefficient (Wildman–Crippen LogP) is 7.07. The highest BCUT2D eigenvalue weighted by Gasteiger charge is 2.13. The van der Waals surface area contributed by atoms with Gasteiger partial charge in [-0.15, -0.1) is 0 Å². The maximum Gasteiger partial charge on any atom is 0.331 e. The Balaban J connectivity index is 2.55. The van der Waals surface area contributed by atoms with E-state index in [9.17, 15) is 14.7 Å². The molecule has 0 amide bonds. The number of rotatable bonds is 20. The number of unbranched alkanes of at least 4 members (excludes halogenated alkanes) is 8. The number of hydrogen-bond acceptors (Lipinski definition) is 6. The summed E-state index contributed by atoms with van der Waals surface area (Å²) in [5, 5.41) is 18.7. The molecule has 0 saturated carbocycles. The van der Waals surface area contributed by atoms with E-state index in [2.05, 4.69) is 19.1 Å². The van der Waals surface area contributed by atoms with E-state index >= 15 is 0 Å². The number of ether oxygens (including phenoxy) is 3. The number of benzene rings is 1. The van der Waals surface area contributed by atoms with Gasteiger partial charge in [0.25, 0.3) is 0 Å². The van der Waals surface area contributed by atoms with Gasteiger partial charge < -0.3 is 24.4 Å². The summed E-state index contributed by atoms with van der Waals surface area (Å²) in [5.74, 6) is -0.685. The highest BCUT2D eigenvalue weighted by atomic mass is 16.5. The Morgan fingerprint density at radius 2 is 1.56 bits per heavy atom. The maximum absolute atomic E-state index is 12.5. The molecule has 0 aliphatic heterocycles. The van der Waals surface area contributed by atoms with Crippen LogP contribution in [0.4, 0.5) is 0 Å². The Morgan fingerprint density at radius 1 is 0.917 bits per heavy atom. The van der Waals surface area contributed by atoms with Crippen molar-refractivity contribution in [3.05, 3.63) is 35.9 Å². The zero-order valence-electron chi connectivity index (χ0n) is 22.2. The van der Waals surface area contributed by atoms with Crippen LogP contribution in [0.15, 0.2) is 30.4 Å². The van der Waals surface area contributed by atoms with Crippen LogP contribution >= 0.6 is 0 Å². The number of aromatic hydroxyl groups is 1. The zero-order valence-corrected chi connectivity index (χ0v) is 22.2. The van der Waals surface area contributed by atoms with E-state index in [1.54, 1.807) is 18.2 Å². The number of carbonyl (C=O) groups is 2. The molecule has 1 atom stereocenters. The van der Waals surface area contributed by atoms with Crippen molar-refractivity contribution in [3.8, 4) is 17.2 Å². The first-order valence-corrected chi connectivity index (χ1v) is 13.1. The largest absolute Gasteiger partial charge is 0.502 e. The van der Waals surface area contributed by atoms with Gasteiger partial charge in [0.15, 0.2) is 11.5 Å². The van der Waals surface area contributed by atoms with Gasteiger partial charge in [-0.2, -0.15) is 0 Å². The first-order valence-electron chi connectivity index (χ1n) is 13.1. The average molecular weight is 505 g/mol. The summed E-state index contributed by atoms with van der Waals surface area (Å²) in [4.78, 5) is 23.0. The van der Waals surface area contributed by atoms with Gasteiger partial charge in [-0.3, -0.25) is 4.79 Å². The van der Waals surface area contributed by atoms with Gasteiger partial charge >= 0.3 is 11.9 Å². The molecule has 0 saturated heterocycles. The number of carboxylic acids is 1. The van der Waals surface area contributed by atoms with Crippen molar-refractivity contribution in [2.75, 3.05) is 14.2 Å². The van der Waals surface area contributed by atoms with Crippen molar-refractivity contribution in [3.63, 3.8) is 0 Å². The molecule has 2 N–H and O–H groups in total. The molecule has 0 heterocycles. The van der Waals surface area contributed by atoms with Gasteiger partial charge in [0.05, 0.1) is 14.2 Å². The number of carbonyl (C=O) groups excluding carboxylic acids is 1. The Hall–Kier alpha value is -2.96. The van der Waals surface area contributed by atoms with Gasteiger partial charge in [-0.25, -0.2) is 4.79 Å². The Kier molecular flexibility index (Phi) is 16.6. The van der Waals surface area contributed by atoms with Crippen LogP contribution in [0.1, 0.15) is 96.0 Å². The molecule has 0 spiro atoms. The molecule has 0 bridgehead atoms. The number of methoxy groups -OCH3 is 2. The van der Waals surface area contributed by atoms with E-state index in [-0.39, 0.29) is 29.8 Å². The summed E-state index contributed by atoms with van der Waals surface area (Å²) >= 11 is 0. The minimum Gasteiger partial charge on any atom is -0.502 e. The molecular weight excluding hydrogens is 460 g/mol. The van der Waals surface area contributed by atoms with E-state index in [0.29, 0.717) is 12.0 Å². The van der Waals surface area contributed by atoms with Gasteiger partial charge in [-0.05, 0) is 55.9 Å². The Labute approximate surface area is 216 Å². The third-order valence-electron chi connectivity index (χ3n) is 5.90. The summed E-state index contributed by atoms with van der Waals surface area (Å²) in [7, 11) is 2.91. The molecule has 202 valence electrons. The van der Waals surface area contributed by atoms with Gasteiger partial charge in [0.1, 0.15) is 6.10 Å². The maximum atomic E-state index is 12.5. The zero-order chi connectivity index (χ0) is 26.6. The third kappa shape index (κ3) is 13.8. The van der Waals surface area contributed by atoms with Crippen molar-refractivity contribution >= 4 is 18.0 Å². The highest BCUT2D eigenvalue weighted by Crippen LogP contribution is 2.37. The molecule has 7 nitrogen and oxygen atoms in total. The summed E-state index contributed by atoms with van der Waals surface area (Å²) in [6.45, 7) is 2.17. The average Bonchev–Trinajstić information content (AvgIpc) is 2.86. The van der Waals surface area contributed by atoms with E-state index in [1.807, 2.05) is 0 Å². The molecule has 0 aliphatic rings. The molecule has 0 unspecified atom stereocenters. The summed E-state index contributed by atoms with van der Waals surface area (Å²) in [5.41, 5.74) is 0.654. The Morgan fingerprint density at radius 3 is 2.19 bits per heavy atom. The topological polar surface area (TPSA) is 102 Å². The number of phenolic OH excluding ortho intramolecular Hbond substituents is 1. The minimum absolute atomic E-state index is 0.0863. The summed E-state index contributed by atoms with van der Waals surface area (Å²) in [6, 6.07) is 3.25. The summed E-state index contributed by atoms with van der Waals surface area (Å²) < 4.78 is 16.1. The fourth-order valence-electron chi connectivity index (χ4n) is 3.84. The van der Waals surface area contributed by atoms with Crippen LogP contribution in [0.25, 0.3) is 6.08 Å². The number of esters is 1. The fourth-order valence-corrected chi connectivity index (χ4v) is 3.84.